The number of urea groups is 1. The number of primary amides is 2. The highest BCUT2D eigenvalue weighted by atomic mass is 32.1. The second-order valence-electron chi connectivity index (χ2n) is 4.09. The van der Waals surface area contributed by atoms with Crippen LogP contribution in [0.25, 0.3) is 10.4 Å². The molecule has 2 aromatic rings. The molecule has 0 aliphatic carbocycles. The molecule has 0 radical (unpaired) electrons. The van der Waals surface area contributed by atoms with E-state index in [1.807, 2.05) is 0 Å². The molecular formula is C13H11N3O4S. The van der Waals surface area contributed by atoms with Crippen molar-refractivity contribution in [2.45, 2.75) is 0 Å². The van der Waals surface area contributed by atoms with Gasteiger partial charge in [0.05, 0.1) is 11.1 Å². The van der Waals surface area contributed by atoms with Crippen molar-refractivity contribution in [3.05, 3.63) is 41.5 Å². The van der Waals surface area contributed by atoms with Crippen molar-refractivity contribution in [1.29, 1.82) is 0 Å². The predicted octanol–water partition coefficient (Wildman–Crippen LogP) is 1.70. The van der Waals surface area contributed by atoms with Gasteiger partial charge in [0.2, 0.25) is 0 Å². The first kappa shape index (κ1) is 14.5. The van der Waals surface area contributed by atoms with Crippen LogP contribution >= 0.6 is 11.3 Å². The molecular weight excluding hydrogens is 294 g/mol. The van der Waals surface area contributed by atoms with Gasteiger partial charge in [0.1, 0.15) is 5.00 Å². The van der Waals surface area contributed by atoms with Gasteiger partial charge in [-0.1, -0.05) is 12.1 Å². The average molecular weight is 305 g/mol. The maximum Gasteiger partial charge on any atom is 0.335 e. The molecule has 1 aromatic heterocycles. The van der Waals surface area contributed by atoms with E-state index in [0.717, 1.165) is 11.3 Å². The lowest BCUT2D eigenvalue weighted by molar-refractivity contribution is 0.0696. The SMILES string of the molecule is NC(=O)Nc1sc(-c2cccc(C(=O)O)c2)cc1C(N)=O. The Morgan fingerprint density at radius 1 is 1.14 bits per heavy atom. The van der Waals surface area contributed by atoms with Gasteiger partial charge < -0.3 is 16.6 Å². The molecule has 0 saturated carbocycles. The van der Waals surface area contributed by atoms with E-state index in [-0.39, 0.29) is 16.1 Å². The van der Waals surface area contributed by atoms with Crippen molar-refractivity contribution >= 4 is 34.2 Å². The summed E-state index contributed by atoms with van der Waals surface area (Å²) in [5.74, 6) is -1.77. The lowest BCUT2D eigenvalue weighted by Gasteiger charge is -2.00. The molecule has 8 heteroatoms. The maximum absolute atomic E-state index is 11.4. The summed E-state index contributed by atoms with van der Waals surface area (Å²) in [6, 6.07) is 6.87. The molecule has 0 bridgehead atoms. The number of hydrogen-bond acceptors (Lipinski definition) is 4. The Hall–Kier alpha value is -2.87. The Kier molecular flexibility index (Phi) is 3.90. The quantitative estimate of drug-likeness (QED) is 0.683. The fraction of sp³-hybridized carbons (Fsp3) is 0. The van der Waals surface area contributed by atoms with Crippen LogP contribution in [-0.2, 0) is 0 Å². The van der Waals surface area contributed by atoms with Crippen LogP contribution in [0.3, 0.4) is 0 Å². The first-order chi connectivity index (χ1) is 9.88. The summed E-state index contributed by atoms with van der Waals surface area (Å²) < 4.78 is 0. The third kappa shape index (κ3) is 3.18. The minimum Gasteiger partial charge on any atom is -0.478 e. The molecule has 1 heterocycles. The lowest BCUT2D eigenvalue weighted by Crippen LogP contribution is -2.21. The van der Waals surface area contributed by atoms with Crippen LogP contribution in [0.15, 0.2) is 30.3 Å². The highest BCUT2D eigenvalue weighted by Crippen LogP contribution is 2.35. The van der Waals surface area contributed by atoms with Crippen LogP contribution in [0.1, 0.15) is 20.7 Å². The van der Waals surface area contributed by atoms with Gasteiger partial charge >= 0.3 is 12.0 Å². The summed E-state index contributed by atoms with van der Waals surface area (Å²) >= 11 is 1.08. The Morgan fingerprint density at radius 3 is 2.43 bits per heavy atom. The number of rotatable bonds is 4. The van der Waals surface area contributed by atoms with E-state index >= 15 is 0 Å². The number of carbonyl (C=O) groups is 3. The van der Waals surface area contributed by atoms with E-state index in [2.05, 4.69) is 5.32 Å². The fourth-order valence-electron chi connectivity index (χ4n) is 1.73. The number of thiophene rings is 1. The molecule has 7 nitrogen and oxygen atoms in total. The first-order valence-corrected chi connectivity index (χ1v) is 6.54. The summed E-state index contributed by atoms with van der Waals surface area (Å²) in [5, 5.41) is 11.5. The van der Waals surface area contributed by atoms with Gasteiger partial charge in [0.15, 0.2) is 0 Å². The number of carboxylic acid groups (broad SMARTS) is 1. The second-order valence-corrected chi connectivity index (χ2v) is 5.15. The summed E-state index contributed by atoms with van der Waals surface area (Å²) in [7, 11) is 0. The minimum absolute atomic E-state index is 0.117. The lowest BCUT2D eigenvalue weighted by atomic mass is 10.1. The van der Waals surface area contributed by atoms with Crippen molar-refractivity contribution < 1.29 is 19.5 Å². The Morgan fingerprint density at radius 2 is 1.86 bits per heavy atom. The summed E-state index contributed by atoms with van der Waals surface area (Å²) in [4.78, 5) is 33.8. The number of aromatic carboxylic acids is 1. The van der Waals surface area contributed by atoms with Crippen molar-refractivity contribution in [2.24, 2.45) is 11.5 Å². The molecule has 0 aliphatic rings. The number of hydrogen-bond donors (Lipinski definition) is 4. The number of nitrogens with one attached hydrogen (secondary N) is 1. The van der Waals surface area contributed by atoms with Crippen LogP contribution in [-0.4, -0.2) is 23.0 Å². The van der Waals surface area contributed by atoms with Gasteiger partial charge in [-0.2, -0.15) is 0 Å². The Bertz CT molecular complexity index is 739. The molecule has 0 atom stereocenters. The third-order valence-electron chi connectivity index (χ3n) is 2.63. The van der Waals surface area contributed by atoms with Crippen LogP contribution < -0.4 is 16.8 Å². The largest absolute Gasteiger partial charge is 0.478 e. The smallest absolute Gasteiger partial charge is 0.335 e. The standard InChI is InChI=1S/C13H11N3O4S/c14-10(17)8-5-9(21-11(8)16-13(15)20)6-2-1-3-7(4-6)12(18)19/h1-5H,(H2,14,17)(H,18,19)(H3,15,16,20). The highest BCUT2D eigenvalue weighted by molar-refractivity contribution is 7.20. The zero-order chi connectivity index (χ0) is 15.6. The molecule has 0 saturated heterocycles. The van der Waals surface area contributed by atoms with Crippen molar-refractivity contribution in [1.82, 2.24) is 0 Å². The number of benzene rings is 1. The Labute approximate surface area is 123 Å². The topological polar surface area (TPSA) is 136 Å². The van der Waals surface area contributed by atoms with Gasteiger partial charge in [0, 0.05) is 4.88 Å². The number of anilines is 1. The van der Waals surface area contributed by atoms with Crippen LogP contribution in [0.4, 0.5) is 9.80 Å². The highest BCUT2D eigenvalue weighted by Gasteiger charge is 2.16. The van der Waals surface area contributed by atoms with Gasteiger partial charge in [-0.25, -0.2) is 9.59 Å². The molecule has 0 aliphatic heterocycles. The number of amides is 3. The molecule has 21 heavy (non-hydrogen) atoms. The Balaban J connectivity index is 2.49. The number of carbonyl (C=O) groups excluding carboxylic acids is 2. The number of nitrogens with two attached hydrogens (primary N) is 2. The van der Waals surface area contributed by atoms with Crippen molar-refractivity contribution in [3.63, 3.8) is 0 Å². The first-order valence-electron chi connectivity index (χ1n) is 5.72. The zero-order valence-corrected chi connectivity index (χ0v) is 11.4. The molecule has 108 valence electrons. The van der Waals surface area contributed by atoms with E-state index < -0.39 is 17.9 Å². The van der Waals surface area contributed by atoms with E-state index in [9.17, 15) is 14.4 Å². The van der Waals surface area contributed by atoms with E-state index in [0.29, 0.717) is 10.4 Å². The van der Waals surface area contributed by atoms with Gasteiger partial charge in [-0.05, 0) is 23.8 Å². The molecule has 6 N–H and O–H groups in total. The van der Waals surface area contributed by atoms with E-state index in [4.69, 9.17) is 16.6 Å². The third-order valence-corrected chi connectivity index (χ3v) is 3.73. The van der Waals surface area contributed by atoms with Gasteiger partial charge in [-0.3, -0.25) is 10.1 Å². The van der Waals surface area contributed by atoms with Gasteiger partial charge in [0.25, 0.3) is 5.91 Å². The summed E-state index contributed by atoms with van der Waals surface area (Å²) in [6.07, 6.45) is 0. The van der Waals surface area contributed by atoms with E-state index in [1.54, 1.807) is 12.1 Å². The molecule has 0 fully saturated rings. The van der Waals surface area contributed by atoms with Crippen molar-refractivity contribution in [3.8, 4) is 10.4 Å². The molecule has 0 unspecified atom stereocenters. The van der Waals surface area contributed by atoms with Gasteiger partial charge in [-0.15, -0.1) is 11.3 Å². The summed E-state index contributed by atoms with van der Waals surface area (Å²) in [5.41, 5.74) is 11.1. The number of carboxylic acids is 1. The predicted molar refractivity (Wildman–Crippen MR) is 78.4 cm³/mol. The normalized spacial score (nSPS) is 10.1. The second kappa shape index (κ2) is 5.63. The molecule has 1 aromatic carbocycles. The van der Waals surface area contributed by atoms with Crippen LogP contribution in [0.2, 0.25) is 0 Å². The molecule has 3 amide bonds. The average Bonchev–Trinajstić information content (AvgIpc) is 2.82. The minimum atomic E-state index is -1.06. The van der Waals surface area contributed by atoms with Crippen LogP contribution in [0.5, 0.6) is 0 Å². The maximum atomic E-state index is 11.4. The zero-order valence-electron chi connectivity index (χ0n) is 10.6. The molecule has 0 spiro atoms. The van der Waals surface area contributed by atoms with Crippen molar-refractivity contribution in [2.75, 3.05) is 5.32 Å². The van der Waals surface area contributed by atoms with Crippen LogP contribution in [0, 0.1) is 0 Å². The fourth-order valence-corrected chi connectivity index (χ4v) is 2.79. The monoisotopic (exact) mass is 305 g/mol. The summed E-state index contributed by atoms with van der Waals surface area (Å²) in [6.45, 7) is 0. The molecule has 2 rings (SSSR count). The van der Waals surface area contributed by atoms with E-state index in [1.165, 1.54) is 18.2 Å².